The highest BCUT2D eigenvalue weighted by Gasteiger charge is 2.44. The monoisotopic (exact) mass is 436 g/mol. The largest absolute Gasteiger partial charge is 0.443 e. The number of nitrogens with one attached hydrogen (secondary N) is 2. The molecule has 9 heteroatoms. The second kappa shape index (κ2) is 11.2. The van der Waals surface area contributed by atoms with E-state index in [-0.39, 0.29) is 31.0 Å². The Morgan fingerprint density at radius 1 is 1.13 bits per heavy atom. The van der Waals surface area contributed by atoms with Crippen LogP contribution in [0.25, 0.3) is 0 Å². The fraction of sp³-hybridized carbons (Fsp3) is 0.682. The van der Waals surface area contributed by atoms with Crippen molar-refractivity contribution in [1.82, 2.24) is 10.8 Å². The number of rotatable bonds is 9. The summed E-state index contributed by atoms with van der Waals surface area (Å²) in [5.74, 6) is 0.0674. The summed E-state index contributed by atoms with van der Waals surface area (Å²) in [4.78, 5) is 18.3. The molecule has 1 aromatic rings. The molecule has 0 aromatic heterocycles. The van der Waals surface area contributed by atoms with E-state index in [4.69, 9.17) is 23.8 Å². The highest BCUT2D eigenvalue weighted by Crippen LogP contribution is 2.33. The predicted octanol–water partition coefficient (Wildman–Crippen LogP) is 1.15. The average molecular weight is 437 g/mol. The van der Waals surface area contributed by atoms with Crippen LogP contribution in [0, 0.1) is 5.92 Å². The molecule has 172 valence electrons. The minimum atomic E-state index is -0.866. The van der Waals surface area contributed by atoms with Gasteiger partial charge in [-0.15, -0.1) is 0 Å². The zero-order valence-corrected chi connectivity index (χ0v) is 17.6. The molecule has 3 aliphatic heterocycles. The number of aliphatic hydroxyl groups excluding tert-OH is 1. The number of hydroxylamine groups is 1. The first-order valence-electron chi connectivity index (χ1n) is 11.1. The molecule has 0 radical (unpaired) electrons. The van der Waals surface area contributed by atoms with Gasteiger partial charge in [0.2, 0.25) is 0 Å². The minimum Gasteiger partial charge on any atom is -0.443 e. The van der Waals surface area contributed by atoms with E-state index >= 15 is 0 Å². The van der Waals surface area contributed by atoms with Crippen molar-refractivity contribution in [3.63, 3.8) is 0 Å². The average Bonchev–Trinajstić information content (AvgIpc) is 3.40. The Morgan fingerprint density at radius 3 is 2.74 bits per heavy atom. The number of fused-ring (bicyclic) bond motifs is 1. The molecule has 3 heterocycles. The van der Waals surface area contributed by atoms with Crippen molar-refractivity contribution in [3.05, 3.63) is 35.9 Å². The van der Waals surface area contributed by atoms with Gasteiger partial charge in [0, 0.05) is 19.8 Å². The second-order valence-corrected chi connectivity index (χ2v) is 8.25. The molecule has 0 aliphatic carbocycles. The van der Waals surface area contributed by atoms with E-state index in [1.165, 1.54) is 0 Å². The Balaban J connectivity index is 1.30. The topological polar surface area (TPSA) is 108 Å². The number of hydrogen-bond acceptors (Lipinski definition) is 8. The van der Waals surface area contributed by atoms with Gasteiger partial charge in [-0.25, -0.2) is 4.79 Å². The van der Waals surface area contributed by atoms with E-state index in [1.807, 2.05) is 30.3 Å². The molecule has 31 heavy (non-hydrogen) atoms. The molecule has 1 amide bonds. The zero-order chi connectivity index (χ0) is 21.5. The van der Waals surface area contributed by atoms with E-state index in [2.05, 4.69) is 10.8 Å². The second-order valence-electron chi connectivity index (χ2n) is 8.25. The van der Waals surface area contributed by atoms with Crippen molar-refractivity contribution < 1.29 is 33.7 Å². The highest BCUT2D eigenvalue weighted by molar-refractivity contribution is 5.68. The Bertz CT molecular complexity index is 686. The van der Waals surface area contributed by atoms with Gasteiger partial charge in [-0.2, -0.15) is 5.48 Å². The fourth-order valence-corrected chi connectivity index (χ4v) is 4.21. The Morgan fingerprint density at radius 2 is 1.94 bits per heavy atom. The summed E-state index contributed by atoms with van der Waals surface area (Å²) in [7, 11) is 0. The minimum absolute atomic E-state index is 0.0652. The van der Waals surface area contributed by atoms with Gasteiger partial charge in [0.15, 0.2) is 6.29 Å². The van der Waals surface area contributed by atoms with E-state index in [0.29, 0.717) is 32.8 Å². The summed E-state index contributed by atoms with van der Waals surface area (Å²) < 4.78 is 21.9. The summed E-state index contributed by atoms with van der Waals surface area (Å²) in [6.07, 6.45) is 0.926. The van der Waals surface area contributed by atoms with Gasteiger partial charge in [-0.3, -0.25) is 4.84 Å². The van der Waals surface area contributed by atoms with E-state index in [0.717, 1.165) is 24.8 Å². The van der Waals surface area contributed by atoms with Gasteiger partial charge in [0.25, 0.3) is 0 Å². The first-order chi connectivity index (χ1) is 15.2. The number of benzene rings is 1. The van der Waals surface area contributed by atoms with Crippen LogP contribution in [-0.4, -0.2) is 74.8 Å². The molecule has 0 bridgehead atoms. The lowest BCUT2D eigenvalue weighted by Gasteiger charge is -2.27. The number of amides is 1. The van der Waals surface area contributed by atoms with Crippen LogP contribution in [-0.2, 0) is 30.2 Å². The summed E-state index contributed by atoms with van der Waals surface area (Å²) in [5.41, 5.74) is 3.87. The SMILES string of the molecule is O=C(NC(Cc1ccccc1)[C@H](O)CNOC1CCOCC1)OC1CO[C@H]2OCC[C@@H]12. The highest BCUT2D eigenvalue weighted by atomic mass is 16.7. The molecule has 0 spiro atoms. The van der Waals surface area contributed by atoms with Gasteiger partial charge < -0.3 is 29.4 Å². The number of carbonyl (C=O) groups excluding carboxylic acids is 1. The maximum atomic E-state index is 12.6. The first-order valence-corrected chi connectivity index (χ1v) is 11.1. The van der Waals surface area contributed by atoms with Crippen LogP contribution in [0.1, 0.15) is 24.8 Å². The molecule has 2 unspecified atom stereocenters. The molecule has 3 N–H and O–H groups in total. The quantitative estimate of drug-likeness (QED) is 0.495. The maximum absolute atomic E-state index is 12.6. The fourth-order valence-electron chi connectivity index (χ4n) is 4.21. The third kappa shape index (κ3) is 6.38. The standard InChI is InChI=1S/C22H32N2O7/c25-19(13-23-31-16-6-9-27-10-7-16)18(12-15-4-2-1-3-5-15)24-22(26)30-20-14-29-21-17(20)8-11-28-21/h1-5,16-21,23,25H,6-14H2,(H,24,26)/t17-,18?,19+,20?,21+/m0/s1. The van der Waals surface area contributed by atoms with Gasteiger partial charge >= 0.3 is 6.09 Å². The van der Waals surface area contributed by atoms with Crippen molar-refractivity contribution in [2.75, 3.05) is 33.0 Å². The molecule has 3 saturated heterocycles. The van der Waals surface area contributed by atoms with Crippen molar-refractivity contribution in [2.45, 2.75) is 56.3 Å². The summed E-state index contributed by atoms with van der Waals surface area (Å²) in [6, 6.07) is 9.17. The smallest absolute Gasteiger partial charge is 0.407 e. The predicted molar refractivity (Wildman–Crippen MR) is 110 cm³/mol. The molecule has 1 aromatic carbocycles. The molecular formula is C22H32N2O7. The van der Waals surface area contributed by atoms with Crippen LogP contribution >= 0.6 is 0 Å². The molecule has 5 atom stereocenters. The van der Waals surface area contributed by atoms with Crippen molar-refractivity contribution in [2.24, 2.45) is 5.92 Å². The van der Waals surface area contributed by atoms with E-state index in [1.54, 1.807) is 0 Å². The van der Waals surface area contributed by atoms with Crippen LogP contribution in [0.2, 0.25) is 0 Å². The van der Waals surface area contributed by atoms with Gasteiger partial charge in [0.1, 0.15) is 6.10 Å². The van der Waals surface area contributed by atoms with Crippen molar-refractivity contribution in [1.29, 1.82) is 0 Å². The van der Waals surface area contributed by atoms with Crippen LogP contribution < -0.4 is 10.8 Å². The normalized spacial score (nSPS) is 28.1. The lowest BCUT2D eigenvalue weighted by atomic mass is 10.0. The number of ether oxygens (including phenoxy) is 4. The van der Waals surface area contributed by atoms with Crippen molar-refractivity contribution >= 4 is 6.09 Å². The lowest BCUT2D eigenvalue weighted by Crippen LogP contribution is -2.50. The van der Waals surface area contributed by atoms with Crippen LogP contribution in [0.3, 0.4) is 0 Å². The van der Waals surface area contributed by atoms with E-state index in [9.17, 15) is 9.90 Å². The Hall–Kier alpha value is -1.75. The van der Waals surface area contributed by atoms with Crippen LogP contribution in [0.15, 0.2) is 30.3 Å². The van der Waals surface area contributed by atoms with E-state index < -0.39 is 18.2 Å². The van der Waals surface area contributed by atoms with Crippen LogP contribution in [0.5, 0.6) is 0 Å². The molecular weight excluding hydrogens is 404 g/mol. The molecule has 4 rings (SSSR count). The van der Waals surface area contributed by atoms with Crippen LogP contribution in [0.4, 0.5) is 4.79 Å². The molecule has 0 saturated carbocycles. The number of alkyl carbamates (subject to hydrolysis) is 1. The zero-order valence-electron chi connectivity index (χ0n) is 17.6. The summed E-state index contributed by atoms with van der Waals surface area (Å²) in [5, 5.41) is 13.6. The molecule has 9 nitrogen and oxygen atoms in total. The maximum Gasteiger partial charge on any atom is 0.407 e. The first kappa shape index (κ1) is 22.4. The molecule has 3 fully saturated rings. The summed E-state index contributed by atoms with van der Waals surface area (Å²) >= 11 is 0. The third-order valence-corrected chi connectivity index (χ3v) is 6.02. The Labute approximate surface area is 182 Å². The summed E-state index contributed by atoms with van der Waals surface area (Å²) in [6.45, 7) is 2.48. The molecule has 3 aliphatic rings. The Kier molecular flexibility index (Phi) is 8.12. The third-order valence-electron chi connectivity index (χ3n) is 6.02. The van der Waals surface area contributed by atoms with Gasteiger partial charge in [0.05, 0.1) is 37.4 Å². The van der Waals surface area contributed by atoms with Gasteiger partial charge in [-0.1, -0.05) is 30.3 Å². The number of carbonyl (C=O) groups is 1. The van der Waals surface area contributed by atoms with Gasteiger partial charge in [-0.05, 0) is 31.2 Å². The number of hydrogen-bond donors (Lipinski definition) is 3. The van der Waals surface area contributed by atoms with Crippen molar-refractivity contribution in [3.8, 4) is 0 Å². The number of aliphatic hydroxyl groups is 1. The lowest BCUT2D eigenvalue weighted by molar-refractivity contribution is -0.0907.